The second-order valence-corrected chi connectivity index (χ2v) is 5.06. The van der Waals surface area contributed by atoms with Crippen molar-refractivity contribution in [1.82, 2.24) is 4.90 Å². The van der Waals surface area contributed by atoms with E-state index >= 15 is 0 Å². The number of carbonyl (C=O) groups excluding carboxylic acids is 1. The molecule has 1 heterocycles. The predicted octanol–water partition coefficient (Wildman–Crippen LogP) is 0.189. The van der Waals surface area contributed by atoms with Gasteiger partial charge in [0.25, 0.3) is 0 Å². The SMILES string of the molecule is CC1CC(C(=O)O)CCN1C(=O)C1(N)CC1. The van der Waals surface area contributed by atoms with Crippen LogP contribution in [0.15, 0.2) is 0 Å². The lowest BCUT2D eigenvalue weighted by atomic mass is 9.91. The first kappa shape index (κ1) is 11.4. The molecule has 0 aromatic rings. The van der Waals surface area contributed by atoms with E-state index in [9.17, 15) is 9.59 Å². The van der Waals surface area contributed by atoms with Crippen LogP contribution in [0.3, 0.4) is 0 Å². The lowest BCUT2D eigenvalue weighted by Gasteiger charge is -2.37. The Kier molecular flexibility index (Phi) is 2.66. The van der Waals surface area contributed by atoms with E-state index in [4.69, 9.17) is 10.8 Å². The summed E-state index contributed by atoms with van der Waals surface area (Å²) in [5, 5.41) is 8.92. The topological polar surface area (TPSA) is 83.6 Å². The van der Waals surface area contributed by atoms with Gasteiger partial charge in [0.1, 0.15) is 0 Å². The standard InChI is InChI=1S/C11H18N2O3/c1-7-6-8(9(14)15)2-5-13(7)10(16)11(12)3-4-11/h7-8H,2-6,12H2,1H3,(H,14,15). The molecule has 1 aliphatic carbocycles. The van der Waals surface area contributed by atoms with Crippen molar-refractivity contribution >= 4 is 11.9 Å². The zero-order valence-corrected chi connectivity index (χ0v) is 9.48. The molecule has 2 aliphatic rings. The highest BCUT2D eigenvalue weighted by Crippen LogP contribution is 2.36. The molecule has 16 heavy (non-hydrogen) atoms. The summed E-state index contributed by atoms with van der Waals surface area (Å²) in [5.74, 6) is -1.07. The first-order valence-electron chi connectivity index (χ1n) is 5.77. The average Bonchev–Trinajstić information content (AvgIpc) is 2.96. The molecule has 0 bridgehead atoms. The Balaban J connectivity index is 1.99. The number of carboxylic acid groups (broad SMARTS) is 1. The number of carbonyl (C=O) groups is 2. The van der Waals surface area contributed by atoms with Gasteiger partial charge in [-0.1, -0.05) is 0 Å². The van der Waals surface area contributed by atoms with Crippen LogP contribution in [0.2, 0.25) is 0 Å². The first-order valence-corrected chi connectivity index (χ1v) is 5.77. The molecule has 1 amide bonds. The molecule has 3 N–H and O–H groups in total. The van der Waals surface area contributed by atoms with Gasteiger partial charge in [-0.3, -0.25) is 9.59 Å². The number of rotatable bonds is 2. The molecule has 0 spiro atoms. The Morgan fingerprint density at radius 3 is 2.50 bits per heavy atom. The number of nitrogens with two attached hydrogens (primary N) is 1. The largest absolute Gasteiger partial charge is 0.481 e. The minimum absolute atomic E-state index is 0.00355. The fourth-order valence-corrected chi connectivity index (χ4v) is 2.33. The lowest BCUT2D eigenvalue weighted by Crippen LogP contribution is -2.53. The third-order valence-corrected chi connectivity index (χ3v) is 3.70. The van der Waals surface area contributed by atoms with Crippen molar-refractivity contribution in [2.45, 2.75) is 44.2 Å². The summed E-state index contributed by atoms with van der Waals surface area (Å²) in [6.45, 7) is 2.43. The van der Waals surface area contributed by atoms with E-state index in [2.05, 4.69) is 0 Å². The van der Waals surface area contributed by atoms with Crippen LogP contribution in [0, 0.1) is 5.92 Å². The van der Waals surface area contributed by atoms with Gasteiger partial charge in [-0.25, -0.2) is 0 Å². The molecule has 1 saturated heterocycles. The van der Waals surface area contributed by atoms with Crippen molar-refractivity contribution in [1.29, 1.82) is 0 Å². The maximum absolute atomic E-state index is 12.0. The number of hydrogen-bond acceptors (Lipinski definition) is 3. The zero-order chi connectivity index (χ0) is 11.9. The number of likely N-dealkylation sites (tertiary alicyclic amines) is 1. The predicted molar refractivity (Wildman–Crippen MR) is 57.7 cm³/mol. The monoisotopic (exact) mass is 226 g/mol. The molecule has 0 aromatic carbocycles. The van der Waals surface area contributed by atoms with Crippen LogP contribution in [0.5, 0.6) is 0 Å². The van der Waals surface area contributed by atoms with Gasteiger partial charge in [-0.05, 0) is 32.6 Å². The fourth-order valence-electron chi connectivity index (χ4n) is 2.33. The highest BCUT2D eigenvalue weighted by atomic mass is 16.4. The average molecular weight is 226 g/mol. The first-order chi connectivity index (χ1) is 7.44. The van der Waals surface area contributed by atoms with Gasteiger partial charge in [-0.15, -0.1) is 0 Å². The molecule has 1 saturated carbocycles. The second kappa shape index (κ2) is 3.73. The van der Waals surface area contributed by atoms with Crippen LogP contribution in [0.4, 0.5) is 0 Å². The molecule has 2 atom stereocenters. The fraction of sp³-hybridized carbons (Fsp3) is 0.818. The molecular formula is C11H18N2O3. The number of piperidine rings is 1. The molecule has 2 rings (SSSR count). The van der Waals surface area contributed by atoms with Crippen LogP contribution in [-0.2, 0) is 9.59 Å². The maximum atomic E-state index is 12.0. The summed E-state index contributed by atoms with van der Waals surface area (Å²) in [6.07, 6.45) is 2.60. The van der Waals surface area contributed by atoms with Gasteiger partial charge in [0.15, 0.2) is 0 Å². The van der Waals surface area contributed by atoms with Gasteiger partial charge in [0.05, 0.1) is 11.5 Å². The second-order valence-electron chi connectivity index (χ2n) is 5.06. The van der Waals surface area contributed by atoms with Gasteiger partial charge in [-0.2, -0.15) is 0 Å². The summed E-state index contributed by atoms with van der Waals surface area (Å²) in [7, 11) is 0. The van der Waals surface area contributed by atoms with E-state index in [1.165, 1.54) is 0 Å². The molecule has 5 heteroatoms. The van der Waals surface area contributed by atoms with Crippen molar-refractivity contribution in [3.05, 3.63) is 0 Å². The Morgan fingerprint density at radius 1 is 1.44 bits per heavy atom. The minimum Gasteiger partial charge on any atom is -0.481 e. The number of carboxylic acids is 1. The molecule has 2 unspecified atom stereocenters. The Morgan fingerprint density at radius 2 is 2.06 bits per heavy atom. The molecule has 5 nitrogen and oxygen atoms in total. The third-order valence-electron chi connectivity index (χ3n) is 3.70. The molecule has 2 fully saturated rings. The lowest BCUT2D eigenvalue weighted by molar-refractivity contribution is -0.148. The summed E-state index contributed by atoms with van der Waals surface area (Å²) in [6, 6.07) is -0.0108. The van der Waals surface area contributed by atoms with Crippen LogP contribution in [0.1, 0.15) is 32.6 Å². The van der Waals surface area contributed by atoms with Crippen molar-refractivity contribution in [2.75, 3.05) is 6.54 Å². The van der Waals surface area contributed by atoms with E-state index in [-0.39, 0.29) is 17.9 Å². The highest BCUT2D eigenvalue weighted by Gasteiger charge is 2.49. The van der Waals surface area contributed by atoms with Gasteiger partial charge in [0, 0.05) is 12.6 Å². The highest BCUT2D eigenvalue weighted by molar-refractivity contribution is 5.89. The number of amides is 1. The van der Waals surface area contributed by atoms with E-state index in [0.717, 1.165) is 12.8 Å². The summed E-state index contributed by atoms with van der Waals surface area (Å²) >= 11 is 0. The van der Waals surface area contributed by atoms with Crippen molar-refractivity contribution < 1.29 is 14.7 Å². The van der Waals surface area contributed by atoms with Crippen molar-refractivity contribution in [2.24, 2.45) is 11.7 Å². The summed E-state index contributed by atoms with van der Waals surface area (Å²) < 4.78 is 0. The minimum atomic E-state index is -0.757. The van der Waals surface area contributed by atoms with E-state index in [1.807, 2.05) is 6.92 Å². The Labute approximate surface area is 94.6 Å². The van der Waals surface area contributed by atoms with E-state index < -0.39 is 11.5 Å². The van der Waals surface area contributed by atoms with E-state index in [1.54, 1.807) is 4.90 Å². The van der Waals surface area contributed by atoms with Gasteiger partial charge in [0.2, 0.25) is 5.91 Å². The molecular weight excluding hydrogens is 208 g/mol. The zero-order valence-electron chi connectivity index (χ0n) is 9.48. The van der Waals surface area contributed by atoms with Crippen LogP contribution in [0.25, 0.3) is 0 Å². The Bertz CT molecular complexity index is 325. The van der Waals surface area contributed by atoms with Crippen molar-refractivity contribution in [3.63, 3.8) is 0 Å². The summed E-state index contributed by atoms with van der Waals surface area (Å²) in [4.78, 5) is 24.6. The maximum Gasteiger partial charge on any atom is 0.306 e. The Hall–Kier alpha value is -1.10. The third kappa shape index (κ3) is 1.91. The smallest absolute Gasteiger partial charge is 0.306 e. The molecule has 0 aromatic heterocycles. The molecule has 1 aliphatic heterocycles. The molecule has 0 radical (unpaired) electrons. The van der Waals surface area contributed by atoms with Crippen molar-refractivity contribution in [3.8, 4) is 0 Å². The van der Waals surface area contributed by atoms with Crippen LogP contribution >= 0.6 is 0 Å². The number of nitrogens with zero attached hydrogens (tertiary/aromatic N) is 1. The normalized spacial score (nSPS) is 32.2. The molecule has 90 valence electrons. The van der Waals surface area contributed by atoms with Crippen LogP contribution < -0.4 is 5.73 Å². The number of aliphatic carboxylic acids is 1. The summed E-state index contributed by atoms with van der Waals surface area (Å²) in [5.41, 5.74) is 5.24. The van der Waals surface area contributed by atoms with Crippen LogP contribution in [-0.4, -0.2) is 40.0 Å². The quantitative estimate of drug-likeness (QED) is 0.704. The number of hydrogen-bond donors (Lipinski definition) is 2. The van der Waals surface area contributed by atoms with E-state index in [0.29, 0.717) is 19.4 Å². The van der Waals surface area contributed by atoms with Gasteiger partial charge < -0.3 is 15.7 Å². The van der Waals surface area contributed by atoms with Gasteiger partial charge >= 0.3 is 5.97 Å².